The SMILES string of the molecule is CCC(Cl)C(=O)c1ccc(OC)cc1C. The van der Waals surface area contributed by atoms with Crippen LogP contribution >= 0.6 is 11.6 Å². The van der Waals surface area contributed by atoms with Gasteiger partial charge in [-0.3, -0.25) is 4.79 Å². The standard InChI is InChI=1S/C12H15ClO2/c1-4-11(13)12(14)10-6-5-9(15-3)7-8(10)2/h5-7,11H,4H2,1-3H3. The van der Waals surface area contributed by atoms with Crippen LogP contribution < -0.4 is 4.74 Å². The third-order valence-electron chi connectivity index (χ3n) is 2.34. The molecule has 0 amide bonds. The second-order valence-electron chi connectivity index (χ2n) is 3.42. The van der Waals surface area contributed by atoms with Gasteiger partial charge in [-0.05, 0) is 37.1 Å². The molecule has 0 aromatic heterocycles. The average Bonchev–Trinajstić information content (AvgIpc) is 2.26. The van der Waals surface area contributed by atoms with Gasteiger partial charge in [-0.25, -0.2) is 0 Å². The maximum atomic E-state index is 11.8. The molecule has 0 fully saturated rings. The first-order valence-electron chi connectivity index (χ1n) is 4.93. The lowest BCUT2D eigenvalue weighted by Gasteiger charge is -2.09. The molecule has 0 spiro atoms. The van der Waals surface area contributed by atoms with E-state index in [1.165, 1.54) is 0 Å². The summed E-state index contributed by atoms with van der Waals surface area (Å²) in [6.45, 7) is 3.78. The van der Waals surface area contributed by atoms with Crippen LogP contribution in [-0.2, 0) is 0 Å². The minimum absolute atomic E-state index is 0.0145. The van der Waals surface area contributed by atoms with Gasteiger partial charge in [0.15, 0.2) is 5.78 Å². The minimum Gasteiger partial charge on any atom is -0.497 e. The van der Waals surface area contributed by atoms with Crippen LogP contribution in [0, 0.1) is 6.92 Å². The third-order valence-corrected chi connectivity index (χ3v) is 2.85. The number of aryl methyl sites for hydroxylation is 1. The summed E-state index contributed by atoms with van der Waals surface area (Å²) < 4.78 is 5.07. The zero-order chi connectivity index (χ0) is 11.4. The normalized spacial score (nSPS) is 12.3. The first-order chi connectivity index (χ1) is 7.10. The maximum absolute atomic E-state index is 11.8. The van der Waals surface area contributed by atoms with Crippen LogP contribution in [-0.4, -0.2) is 18.3 Å². The van der Waals surface area contributed by atoms with Crippen molar-refractivity contribution in [1.82, 2.24) is 0 Å². The summed E-state index contributed by atoms with van der Waals surface area (Å²) in [7, 11) is 1.60. The van der Waals surface area contributed by atoms with Crippen LogP contribution in [0.2, 0.25) is 0 Å². The predicted octanol–water partition coefficient (Wildman–Crippen LogP) is 3.20. The van der Waals surface area contributed by atoms with Crippen molar-refractivity contribution >= 4 is 17.4 Å². The van der Waals surface area contributed by atoms with Crippen molar-refractivity contribution in [2.45, 2.75) is 25.6 Å². The fourth-order valence-corrected chi connectivity index (χ4v) is 1.51. The van der Waals surface area contributed by atoms with E-state index in [1.54, 1.807) is 19.2 Å². The molecule has 1 unspecified atom stereocenters. The lowest BCUT2D eigenvalue weighted by Crippen LogP contribution is -2.14. The smallest absolute Gasteiger partial charge is 0.180 e. The van der Waals surface area contributed by atoms with Crippen molar-refractivity contribution in [1.29, 1.82) is 0 Å². The van der Waals surface area contributed by atoms with Gasteiger partial charge in [0.1, 0.15) is 5.75 Å². The number of carbonyl (C=O) groups excluding carboxylic acids is 1. The summed E-state index contributed by atoms with van der Waals surface area (Å²) in [6.07, 6.45) is 0.645. The number of hydrogen-bond donors (Lipinski definition) is 0. The van der Waals surface area contributed by atoms with Gasteiger partial charge >= 0.3 is 0 Å². The zero-order valence-electron chi connectivity index (χ0n) is 9.21. The summed E-state index contributed by atoms with van der Waals surface area (Å²) >= 11 is 5.92. The summed E-state index contributed by atoms with van der Waals surface area (Å²) in [5.74, 6) is 0.742. The first-order valence-corrected chi connectivity index (χ1v) is 5.36. The van der Waals surface area contributed by atoms with Crippen molar-refractivity contribution in [2.75, 3.05) is 7.11 Å². The first kappa shape index (κ1) is 12.1. The number of alkyl halides is 1. The van der Waals surface area contributed by atoms with Gasteiger partial charge in [0.05, 0.1) is 12.5 Å². The molecule has 3 heteroatoms. The molecule has 15 heavy (non-hydrogen) atoms. The van der Waals surface area contributed by atoms with Gasteiger partial charge in [0.2, 0.25) is 0 Å². The number of methoxy groups -OCH3 is 1. The van der Waals surface area contributed by atoms with E-state index in [1.807, 2.05) is 19.9 Å². The Morgan fingerprint density at radius 2 is 2.20 bits per heavy atom. The maximum Gasteiger partial charge on any atom is 0.180 e. The van der Waals surface area contributed by atoms with E-state index in [4.69, 9.17) is 16.3 Å². The topological polar surface area (TPSA) is 26.3 Å². The molecule has 82 valence electrons. The van der Waals surface area contributed by atoms with Crippen LogP contribution in [0.3, 0.4) is 0 Å². The van der Waals surface area contributed by atoms with E-state index in [2.05, 4.69) is 0 Å². The summed E-state index contributed by atoms with van der Waals surface area (Å²) in [5, 5.41) is -0.433. The van der Waals surface area contributed by atoms with E-state index in [-0.39, 0.29) is 5.78 Å². The van der Waals surface area contributed by atoms with E-state index in [0.717, 1.165) is 11.3 Å². The van der Waals surface area contributed by atoms with Crippen LogP contribution in [0.5, 0.6) is 5.75 Å². The van der Waals surface area contributed by atoms with Crippen LogP contribution in [0.25, 0.3) is 0 Å². The Morgan fingerprint density at radius 1 is 1.53 bits per heavy atom. The number of ketones is 1. The third kappa shape index (κ3) is 2.72. The molecule has 0 saturated heterocycles. The summed E-state index contributed by atoms with van der Waals surface area (Å²) in [4.78, 5) is 11.8. The molecule has 2 nitrogen and oxygen atoms in total. The van der Waals surface area contributed by atoms with E-state index in [0.29, 0.717) is 12.0 Å². The fraction of sp³-hybridized carbons (Fsp3) is 0.417. The number of Topliss-reactive ketones (excluding diaryl/α,β-unsaturated/α-hetero) is 1. The van der Waals surface area contributed by atoms with Gasteiger partial charge in [-0.15, -0.1) is 11.6 Å². The quantitative estimate of drug-likeness (QED) is 0.582. The second-order valence-corrected chi connectivity index (χ2v) is 3.95. The molecule has 1 rings (SSSR count). The highest BCUT2D eigenvalue weighted by atomic mass is 35.5. The molecule has 0 radical (unpaired) electrons. The summed E-state index contributed by atoms with van der Waals surface area (Å²) in [6, 6.07) is 5.38. The van der Waals surface area contributed by atoms with Crippen molar-refractivity contribution in [3.05, 3.63) is 29.3 Å². The lowest BCUT2D eigenvalue weighted by atomic mass is 10.0. The van der Waals surface area contributed by atoms with Gasteiger partial charge in [-0.1, -0.05) is 6.92 Å². The van der Waals surface area contributed by atoms with Gasteiger partial charge in [0, 0.05) is 5.56 Å². The Hall–Kier alpha value is -1.02. The Kier molecular flexibility index (Phi) is 4.15. The Balaban J connectivity index is 3.00. The minimum atomic E-state index is -0.433. The molecule has 0 aliphatic carbocycles. The second kappa shape index (κ2) is 5.17. The van der Waals surface area contributed by atoms with Crippen LogP contribution in [0.1, 0.15) is 29.3 Å². The van der Waals surface area contributed by atoms with E-state index in [9.17, 15) is 4.79 Å². The van der Waals surface area contributed by atoms with Gasteiger partial charge < -0.3 is 4.74 Å². The Bertz CT molecular complexity index is 361. The van der Waals surface area contributed by atoms with Gasteiger partial charge in [0.25, 0.3) is 0 Å². The molecule has 1 aromatic rings. The van der Waals surface area contributed by atoms with Gasteiger partial charge in [-0.2, -0.15) is 0 Å². The molecule has 0 saturated carbocycles. The summed E-state index contributed by atoms with van der Waals surface area (Å²) in [5.41, 5.74) is 1.58. The van der Waals surface area contributed by atoms with E-state index < -0.39 is 5.38 Å². The van der Waals surface area contributed by atoms with Crippen LogP contribution in [0.4, 0.5) is 0 Å². The zero-order valence-corrected chi connectivity index (χ0v) is 9.97. The number of benzene rings is 1. The molecule has 0 aliphatic rings. The number of ether oxygens (including phenoxy) is 1. The number of hydrogen-bond acceptors (Lipinski definition) is 2. The van der Waals surface area contributed by atoms with Crippen LogP contribution in [0.15, 0.2) is 18.2 Å². The van der Waals surface area contributed by atoms with E-state index >= 15 is 0 Å². The highest BCUT2D eigenvalue weighted by molar-refractivity contribution is 6.34. The Morgan fingerprint density at radius 3 is 2.67 bits per heavy atom. The number of carbonyl (C=O) groups is 1. The van der Waals surface area contributed by atoms with Crippen molar-refractivity contribution in [2.24, 2.45) is 0 Å². The lowest BCUT2D eigenvalue weighted by molar-refractivity contribution is 0.0985. The monoisotopic (exact) mass is 226 g/mol. The molecule has 0 N–H and O–H groups in total. The predicted molar refractivity (Wildman–Crippen MR) is 62.0 cm³/mol. The molecule has 1 aromatic carbocycles. The molecule has 0 bridgehead atoms. The molecule has 1 atom stereocenters. The highest BCUT2D eigenvalue weighted by Crippen LogP contribution is 2.20. The van der Waals surface area contributed by atoms with Crippen molar-refractivity contribution < 1.29 is 9.53 Å². The molecular weight excluding hydrogens is 212 g/mol. The average molecular weight is 227 g/mol. The highest BCUT2D eigenvalue weighted by Gasteiger charge is 2.17. The molecule has 0 aliphatic heterocycles. The van der Waals surface area contributed by atoms with Crippen molar-refractivity contribution in [3.63, 3.8) is 0 Å². The molecular formula is C12H15ClO2. The Labute approximate surface area is 95.2 Å². The fourth-order valence-electron chi connectivity index (χ4n) is 1.39. The largest absolute Gasteiger partial charge is 0.497 e. The number of rotatable bonds is 4. The van der Waals surface area contributed by atoms with Crippen molar-refractivity contribution in [3.8, 4) is 5.75 Å². The molecule has 0 heterocycles. The number of halogens is 1.